The van der Waals surface area contributed by atoms with Crippen molar-refractivity contribution in [2.24, 2.45) is 5.73 Å². The van der Waals surface area contributed by atoms with Crippen molar-refractivity contribution < 1.29 is 10.2 Å². The van der Waals surface area contributed by atoms with Crippen molar-refractivity contribution in [1.29, 1.82) is 0 Å². The van der Waals surface area contributed by atoms with E-state index in [2.05, 4.69) is 53.4 Å². The van der Waals surface area contributed by atoms with E-state index >= 15 is 0 Å². The van der Waals surface area contributed by atoms with E-state index in [1.807, 2.05) is 24.3 Å². The minimum absolute atomic E-state index is 0.0675. The number of hydrogen-bond acceptors (Lipinski definition) is 4. The molecule has 0 amide bonds. The normalized spacial score (nSPS) is 15.8. The standard InChI is InChI=1S/C32H34N2O2/c33-22-26-9-14-28(34-19-5-4-8-27(34)20-23-6-2-1-3-7-23)21-31(26)32(24-10-15-29(35)16-11-24)25-12-17-30(36)18-13-25/h1-3,6-7,9-18,21,27,32,35-36H,4-5,8,19-20,22,33H2. The van der Waals surface area contributed by atoms with E-state index in [4.69, 9.17) is 5.73 Å². The fourth-order valence-corrected chi connectivity index (χ4v) is 5.54. The van der Waals surface area contributed by atoms with Crippen LogP contribution in [0.4, 0.5) is 5.69 Å². The average molecular weight is 479 g/mol. The number of rotatable bonds is 7. The van der Waals surface area contributed by atoms with Crippen LogP contribution < -0.4 is 10.6 Å². The molecule has 4 nitrogen and oxygen atoms in total. The van der Waals surface area contributed by atoms with Gasteiger partial charge in [-0.05, 0) is 89.9 Å². The van der Waals surface area contributed by atoms with E-state index in [9.17, 15) is 10.2 Å². The molecule has 0 spiro atoms. The summed E-state index contributed by atoms with van der Waals surface area (Å²) < 4.78 is 0. The highest BCUT2D eigenvalue weighted by Gasteiger charge is 2.26. The molecule has 1 atom stereocenters. The molecule has 1 aliphatic rings. The van der Waals surface area contributed by atoms with Crippen LogP contribution in [-0.2, 0) is 13.0 Å². The number of nitrogens with zero attached hydrogens (tertiary/aromatic N) is 1. The Labute approximate surface area is 213 Å². The topological polar surface area (TPSA) is 69.7 Å². The summed E-state index contributed by atoms with van der Waals surface area (Å²) in [7, 11) is 0. The number of phenols is 2. The van der Waals surface area contributed by atoms with Gasteiger partial charge in [0.25, 0.3) is 0 Å². The zero-order valence-electron chi connectivity index (χ0n) is 20.6. The van der Waals surface area contributed by atoms with Crippen LogP contribution in [0.3, 0.4) is 0 Å². The Balaban J connectivity index is 1.57. The van der Waals surface area contributed by atoms with Gasteiger partial charge in [0.05, 0.1) is 0 Å². The van der Waals surface area contributed by atoms with Crippen LogP contribution in [0, 0.1) is 0 Å². The van der Waals surface area contributed by atoms with E-state index in [-0.39, 0.29) is 17.4 Å². The number of phenolic OH excluding ortho intramolecular Hbond substituents is 2. The Hall–Kier alpha value is -3.76. The van der Waals surface area contributed by atoms with Gasteiger partial charge in [-0.15, -0.1) is 0 Å². The summed E-state index contributed by atoms with van der Waals surface area (Å²) >= 11 is 0. The fraction of sp³-hybridized carbons (Fsp3) is 0.250. The summed E-state index contributed by atoms with van der Waals surface area (Å²) in [6.45, 7) is 1.48. The molecule has 1 unspecified atom stereocenters. The van der Waals surface area contributed by atoms with Crippen molar-refractivity contribution in [1.82, 2.24) is 0 Å². The predicted octanol–water partition coefficient (Wildman–Crippen LogP) is 6.34. The smallest absolute Gasteiger partial charge is 0.115 e. The summed E-state index contributed by atoms with van der Waals surface area (Å²) in [6.07, 6.45) is 4.67. The van der Waals surface area contributed by atoms with E-state index < -0.39 is 0 Å². The second kappa shape index (κ2) is 10.9. The fourth-order valence-electron chi connectivity index (χ4n) is 5.54. The third-order valence-corrected chi connectivity index (χ3v) is 7.39. The van der Waals surface area contributed by atoms with Crippen molar-refractivity contribution in [3.05, 3.63) is 125 Å². The lowest BCUT2D eigenvalue weighted by molar-refractivity contribution is 0.457. The second-order valence-electron chi connectivity index (χ2n) is 9.74. The molecule has 4 heteroatoms. The molecular formula is C32H34N2O2. The minimum atomic E-state index is -0.0675. The largest absolute Gasteiger partial charge is 0.508 e. The molecule has 1 saturated heterocycles. The number of piperidine rings is 1. The molecule has 1 aliphatic heterocycles. The van der Waals surface area contributed by atoms with Gasteiger partial charge < -0.3 is 20.8 Å². The molecule has 0 aliphatic carbocycles. The quantitative estimate of drug-likeness (QED) is 0.271. The van der Waals surface area contributed by atoms with Crippen LogP contribution in [0.2, 0.25) is 0 Å². The van der Waals surface area contributed by atoms with E-state index in [1.165, 1.54) is 30.5 Å². The van der Waals surface area contributed by atoms with Crippen LogP contribution in [-0.4, -0.2) is 22.8 Å². The number of aromatic hydroxyl groups is 2. The molecule has 0 aromatic heterocycles. The van der Waals surface area contributed by atoms with Gasteiger partial charge in [-0.3, -0.25) is 0 Å². The minimum Gasteiger partial charge on any atom is -0.508 e. The Morgan fingerprint density at radius 1 is 0.778 bits per heavy atom. The first-order valence-corrected chi connectivity index (χ1v) is 12.8. The summed E-state index contributed by atoms with van der Waals surface area (Å²) in [6, 6.07) is 32.7. The van der Waals surface area contributed by atoms with E-state index in [0.717, 1.165) is 35.2 Å². The highest BCUT2D eigenvalue weighted by atomic mass is 16.3. The van der Waals surface area contributed by atoms with Gasteiger partial charge in [-0.2, -0.15) is 0 Å². The van der Waals surface area contributed by atoms with Gasteiger partial charge in [0, 0.05) is 30.7 Å². The van der Waals surface area contributed by atoms with Crippen molar-refractivity contribution in [2.45, 2.75) is 44.2 Å². The molecule has 0 saturated carbocycles. The molecule has 1 heterocycles. The molecule has 0 bridgehead atoms. The molecule has 4 N–H and O–H groups in total. The molecule has 5 rings (SSSR count). The zero-order valence-corrected chi connectivity index (χ0v) is 20.6. The molecule has 36 heavy (non-hydrogen) atoms. The van der Waals surface area contributed by atoms with Crippen LogP contribution in [0.1, 0.15) is 53.0 Å². The summed E-state index contributed by atoms with van der Waals surface area (Å²) in [5, 5.41) is 19.8. The Morgan fingerprint density at radius 3 is 2.03 bits per heavy atom. The van der Waals surface area contributed by atoms with E-state index in [1.54, 1.807) is 24.3 Å². The molecule has 0 radical (unpaired) electrons. The van der Waals surface area contributed by atoms with Crippen LogP contribution >= 0.6 is 0 Å². The van der Waals surface area contributed by atoms with Crippen molar-refractivity contribution in [3.63, 3.8) is 0 Å². The van der Waals surface area contributed by atoms with Crippen molar-refractivity contribution in [2.75, 3.05) is 11.4 Å². The van der Waals surface area contributed by atoms with Gasteiger partial charge in [-0.1, -0.05) is 60.7 Å². The maximum absolute atomic E-state index is 9.92. The summed E-state index contributed by atoms with van der Waals surface area (Å²) in [5.41, 5.74) is 13.3. The second-order valence-corrected chi connectivity index (χ2v) is 9.74. The molecular weight excluding hydrogens is 444 g/mol. The van der Waals surface area contributed by atoms with Crippen LogP contribution in [0.5, 0.6) is 11.5 Å². The maximum Gasteiger partial charge on any atom is 0.115 e. The Morgan fingerprint density at radius 2 is 1.42 bits per heavy atom. The highest BCUT2D eigenvalue weighted by molar-refractivity contribution is 5.57. The number of anilines is 1. The van der Waals surface area contributed by atoms with Crippen molar-refractivity contribution >= 4 is 5.69 Å². The predicted molar refractivity (Wildman–Crippen MR) is 147 cm³/mol. The first kappa shape index (κ1) is 24.0. The van der Waals surface area contributed by atoms with Crippen LogP contribution in [0.15, 0.2) is 97.1 Å². The Kier molecular flexibility index (Phi) is 7.24. The van der Waals surface area contributed by atoms with Gasteiger partial charge in [-0.25, -0.2) is 0 Å². The summed E-state index contributed by atoms with van der Waals surface area (Å²) in [4.78, 5) is 2.57. The van der Waals surface area contributed by atoms with Crippen LogP contribution in [0.25, 0.3) is 0 Å². The van der Waals surface area contributed by atoms with Gasteiger partial charge >= 0.3 is 0 Å². The SMILES string of the molecule is NCc1ccc(N2CCCCC2Cc2ccccc2)cc1C(c1ccc(O)cc1)c1ccc(O)cc1. The third kappa shape index (κ3) is 5.24. The first-order chi connectivity index (χ1) is 17.6. The molecule has 184 valence electrons. The van der Waals surface area contributed by atoms with Gasteiger partial charge in [0.15, 0.2) is 0 Å². The first-order valence-electron chi connectivity index (χ1n) is 12.8. The maximum atomic E-state index is 9.92. The van der Waals surface area contributed by atoms with Gasteiger partial charge in [0.1, 0.15) is 11.5 Å². The highest BCUT2D eigenvalue weighted by Crippen LogP contribution is 2.38. The monoisotopic (exact) mass is 478 g/mol. The third-order valence-electron chi connectivity index (χ3n) is 7.39. The number of nitrogens with two attached hydrogens (primary N) is 1. The number of hydrogen-bond donors (Lipinski definition) is 3. The Bertz CT molecular complexity index is 1220. The average Bonchev–Trinajstić information content (AvgIpc) is 2.92. The lowest BCUT2D eigenvalue weighted by atomic mass is 9.82. The lowest BCUT2D eigenvalue weighted by Gasteiger charge is -2.38. The van der Waals surface area contributed by atoms with Gasteiger partial charge in [0.2, 0.25) is 0 Å². The summed E-state index contributed by atoms with van der Waals surface area (Å²) in [5.74, 6) is 0.420. The molecule has 1 fully saturated rings. The lowest BCUT2D eigenvalue weighted by Crippen LogP contribution is -2.41. The number of benzene rings is 4. The van der Waals surface area contributed by atoms with Crippen molar-refractivity contribution in [3.8, 4) is 11.5 Å². The zero-order chi connectivity index (χ0) is 24.9. The van der Waals surface area contributed by atoms with E-state index in [0.29, 0.717) is 12.6 Å². The molecule has 4 aromatic carbocycles. The molecule has 4 aromatic rings.